The molecule has 0 fully saturated rings. The molecule has 0 spiro atoms. The van der Waals surface area contributed by atoms with Gasteiger partial charge in [-0.25, -0.2) is 4.98 Å². The van der Waals surface area contributed by atoms with Crippen LogP contribution in [0.1, 0.15) is 12.7 Å². The van der Waals surface area contributed by atoms with E-state index in [2.05, 4.69) is 15.0 Å². The highest BCUT2D eigenvalue weighted by molar-refractivity contribution is 6.42. The molecule has 0 unspecified atom stereocenters. The summed E-state index contributed by atoms with van der Waals surface area (Å²) in [6.07, 6.45) is 0.695. The number of nitrogens with zero attached hydrogens (tertiary/aromatic N) is 3. The number of anilines is 1. The second-order valence-corrected chi connectivity index (χ2v) is 4.23. The number of aromatic nitrogens is 3. The molecular weight excluding hydrogens is 259 g/mol. The minimum atomic E-state index is 0.206. The average molecular weight is 269 g/mol. The summed E-state index contributed by atoms with van der Waals surface area (Å²) in [4.78, 5) is 12.4. The number of hydrogen-bond acceptors (Lipinski definition) is 4. The van der Waals surface area contributed by atoms with Crippen molar-refractivity contribution < 1.29 is 0 Å². The second kappa shape index (κ2) is 4.85. The van der Waals surface area contributed by atoms with Gasteiger partial charge < -0.3 is 5.73 Å². The normalized spacial score (nSPS) is 10.5. The molecular formula is C11H10Cl2N4. The summed E-state index contributed by atoms with van der Waals surface area (Å²) >= 11 is 11.8. The third-order valence-electron chi connectivity index (χ3n) is 2.19. The fraction of sp³-hybridized carbons (Fsp3) is 0.182. The first-order valence-electron chi connectivity index (χ1n) is 5.06. The van der Waals surface area contributed by atoms with Crippen LogP contribution in [0.15, 0.2) is 18.2 Å². The van der Waals surface area contributed by atoms with Crippen LogP contribution in [0.4, 0.5) is 5.95 Å². The van der Waals surface area contributed by atoms with E-state index in [-0.39, 0.29) is 5.95 Å². The van der Waals surface area contributed by atoms with E-state index in [0.29, 0.717) is 28.1 Å². The number of hydrogen-bond donors (Lipinski definition) is 1. The molecule has 4 nitrogen and oxygen atoms in total. The van der Waals surface area contributed by atoms with Crippen LogP contribution in [0.2, 0.25) is 10.0 Å². The molecule has 0 aliphatic heterocycles. The van der Waals surface area contributed by atoms with Gasteiger partial charge in [0, 0.05) is 12.0 Å². The lowest BCUT2D eigenvalue weighted by atomic mass is 10.2. The summed E-state index contributed by atoms with van der Waals surface area (Å²) in [6.45, 7) is 1.95. The van der Waals surface area contributed by atoms with E-state index in [0.717, 1.165) is 5.56 Å². The van der Waals surface area contributed by atoms with Gasteiger partial charge in [-0.15, -0.1) is 0 Å². The van der Waals surface area contributed by atoms with Gasteiger partial charge in [-0.1, -0.05) is 30.1 Å². The molecule has 0 bridgehead atoms. The van der Waals surface area contributed by atoms with Crippen molar-refractivity contribution >= 4 is 29.2 Å². The van der Waals surface area contributed by atoms with Gasteiger partial charge in [-0.05, 0) is 18.2 Å². The maximum absolute atomic E-state index is 5.94. The van der Waals surface area contributed by atoms with E-state index in [1.807, 2.05) is 6.92 Å². The molecule has 1 aromatic heterocycles. The van der Waals surface area contributed by atoms with E-state index in [1.165, 1.54) is 0 Å². The molecule has 1 aromatic carbocycles. The molecule has 17 heavy (non-hydrogen) atoms. The maximum Gasteiger partial charge on any atom is 0.223 e. The van der Waals surface area contributed by atoms with Crippen molar-refractivity contribution in [1.29, 1.82) is 0 Å². The van der Waals surface area contributed by atoms with Gasteiger partial charge in [-0.2, -0.15) is 9.97 Å². The Morgan fingerprint density at radius 1 is 1.12 bits per heavy atom. The van der Waals surface area contributed by atoms with E-state index < -0.39 is 0 Å². The average Bonchev–Trinajstić information content (AvgIpc) is 2.32. The fourth-order valence-electron chi connectivity index (χ4n) is 1.36. The molecule has 0 saturated heterocycles. The SMILES string of the molecule is CCc1nc(N)nc(-c2ccc(Cl)c(Cl)c2)n1. The predicted molar refractivity (Wildman–Crippen MR) is 69.1 cm³/mol. The third kappa shape index (κ3) is 2.65. The number of halogens is 2. The summed E-state index contributed by atoms with van der Waals surface area (Å²) in [5.41, 5.74) is 6.39. The largest absolute Gasteiger partial charge is 0.368 e. The molecule has 0 radical (unpaired) electrons. The Morgan fingerprint density at radius 3 is 2.53 bits per heavy atom. The summed E-state index contributed by atoms with van der Waals surface area (Å²) in [5, 5.41) is 0.953. The summed E-state index contributed by atoms with van der Waals surface area (Å²) in [6, 6.07) is 5.20. The van der Waals surface area contributed by atoms with Crippen molar-refractivity contribution in [3.05, 3.63) is 34.1 Å². The molecule has 2 rings (SSSR count). The van der Waals surface area contributed by atoms with Crippen LogP contribution in [-0.4, -0.2) is 15.0 Å². The van der Waals surface area contributed by atoms with Crippen LogP contribution >= 0.6 is 23.2 Å². The molecule has 1 heterocycles. The summed E-state index contributed by atoms with van der Waals surface area (Å²) in [5.74, 6) is 1.37. The second-order valence-electron chi connectivity index (χ2n) is 3.42. The molecule has 2 aromatic rings. The van der Waals surface area contributed by atoms with Gasteiger partial charge in [0.15, 0.2) is 5.82 Å². The number of nitrogens with two attached hydrogens (primary N) is 1. The fourth-order valence-corrected chi connectivity index (χ4v) is 1.66. The van der Waals surface area contributed by atoms with E-state index >= 15 is 0 Å². The van der Waals surface area contributed by atoms with E-state index in [1.54, 1.807) is 18.2 Å². The Bertz CT molecular complexity index is 557. The van der Waals surface area contributed by atoms with Crippen molar-refractivity contribution in [2.24, 2.45) is 0 Å². The first kappa shape index (κ1) is 12.1. The Balaban J connectivity index is 2.52. The monoisotopic (exact) mass is 268 g/mol. The Labute approximate surface area is 109 Å². The minimum absolute atomic E-state index is 0.206. The van der Waals surface area contributed by atoms with Crippen LogP contribution in [0.5, 0.6) is 0 Å². The van der Waals surface area contributed by atoms with Gasteiger partial charge in [0.05, 0.1) is 10.0 Å². The third-order valence-corrected chi connectivity index (χ3v) is 2.93. The Kier molecular flexibility index (Phi) is 3.45. The number of rotatable bonds is 2. The zero-order chi connectivity index (χ0) is 12.4. The molecule has 6 heteroatoms. The molecule has 0 aliphatic carbocycles. The van der Waals surface area contributed by atoms with E-state index in [9.17, 15) is 0 Å². The molecule has 2 N–H and O–H groups in total. The van der Waals surface area contributed by atoms with Gasteiger partial charge >= 0.3 is 0 Å². The van der Waals surface area contributed by atoms with Gasteiger partial charge in [-0.3, -0.25) is 0 Å². The van der Waals surface area contributed by atoms with Crippen LogP contribution in [0.25, 0.3) is 11.4 Å². The first-order valence-corrected chi connectivity index (χ1v) is 5.81. The zero-order valence-corrected chi connectivity index (χ0v) is 10.6. The van der Waals surface area contributed by atoms with Crippen molar-refractivity contribution in [2.75, 3.05) is 5.73 Å². The smallest absolute Gasteiger partial charge is 0.223 e. The predicted octanol–water partition coefficient (Wildman–Crippen LogP) is 2.99. The molecule has 0 atom stereocenters. The van der Waals surface area contributed by atoms with Crippen LogP contribution in [0.3, 0.4) is 0 Å². The highest BCUT2D eigenvalue weighted by atomic mass is 35.5. The van der Waals surface area contributed by atoms with Gasteiger partial charge in [0.25, 0.3) is 0 Å². The van der Waals surface area contributed by atoms with Crippen molar-refractivity contribution in [3.63, 3.8) is 0 Å². The lowest BCUT2D eigenvalue weighted by Gasteiger charge is -2.04. The number of benzene rings is 1. The molecule has 0 saturated carbocycles. The Morgan fingerprint density at radius 2 is 1.88 bits per heavy atom. The quantitative estimate of drug-likeness (QED) is 0.910. The minimum Gasteiger partial charge on any atom is -0.368 e. The lowest BCUT2D eigenvalue weighted by molar-refractivity contribution is 0.913. The van der Waals surface area contributed by atoms with Crippen molar-refractivity contribution in [2.45, 2.75) is 13.3 Å². The van der Waals surface area contributed by atoms with E-state index in [4.69, 9.17) is 28.9 Å². The number of aryl methyl sites for hydroxylation is 1. The van der Waals surface area contributed by atoms with Crippen molar-refractivity contribution in [3.8, 4) is 11.4 Å². The highest BCUT2D eigenvalue weighted by Gasteiger charge is 2.07. The lowest BCUT2D eigenvalue weighted by Crippen LogP contribution is -2.04. The topological polar surface area (TPSA) is 64.7 Å². The first-order chi connectivity index (χ1) is 8.10. The summed E-state index contributed by atoms with van der Waals surface area (Å²) in [7, 11) is 0. The van der Waals surface area contributed by atoms with Gasteiger partial charge in [0.1, 0.15) is 5.82 Å². The molecule has 88 valence electrons. The summed E-state index contributed by atoms with van der Waals surface area (Å²) < 4.78 is 0. The molecule has 0 amide bonds. The number of nitrogen functional groups attached to an aromatic ring is 1. The van der Waals surface area contributed by atoms with Crippen LogP contribution in [0, 0.1) is 0 Å². The van der Waals surface area contributed by atoms with Crippen molar-refractivity contribution in [1.82, 2.24) is 15.0 Å². The zero-order valence-electron chi connectivity index (χ0n) is 9.11. The molecule has 0 aliphatic rings. The van der Waals surface area contributed by atoms with Gasteiger partial charge in [0.2, 0.25) is 5.95 Å². The maximum atomic E-state index is 5.94. The van der Waals surface area contributed by atoms with Crippen LogP contribution < -0.4 is 5.73 Å². The standard InChI is InChI=1S/C11H10Cl2N4/c1-2-9-15-10(17-11(14)16-9)6-3-4-7(12)8(13)5-6/h3-5H,2H2,1H3,(H2,14,15,16,17). The van der Waals surface area contributed by atoms with Crippen LogP contribution in [-0.2, 0) is 6.42 Å². The highest BCUT2D eigenvalue weighted by Crippen LogP contribution is 2.26. The Hall–Kier alpha value is -1.39.